The molecule has 1 nitrogen and oxygen atoms in total. The molecule has 0 aromatic heterocycles. The van der Waals surface area contributed by atoms with Crippen molar-refractivity contribution in [2.24, 2.45) is 5.92 Å². The number of aldehydes is 1. The number of rotatable bonds is 8. The second-order valence-electron chi connectivity index (χ2n) is 5.21. The van der Waals surface area contributed by atoms with Gasteiger partial charge in [-0.15, -0.1) is 0 Å². The summed E-state index contributed by atoms with van der Waals surface area (Å²) in [5, 5.41) is 0. The molecule has 1 heteroatoms. The topological polar surface area (TPSA) is 17.1 Å². The predicted molar refractivity (Wildman–Crippen MR) is 73.5 cm³/mol. The van der Waals surface area contributed by atoms with Gasteiger partial charge in [-0.2, -0.15) is 0 Å². The number of benzene rings is 1. The highest BCUT2D eigenvalue weighted by atomic mass is 16.1. The highest BCUT2D eigenvalue weighted by molar-refractivity contribution is 5.74. The molecule has 94 valence electrons. The Morgan fingerprint density at radius 3 is 2.24 bits per heavy atom. The van der Waals surface area contributed by atoms with Gasteiger partial charge >= 0.3 is 0 Å². The standard InChI is InChI=1S/C16H24O/c1-14(2)7-5-3-4-6-8-15-9-11-16(13-17)12-10-15/h9-14H,3-8H2,1-2H3. The molecule has 0 aliphatic heterocycles. The van der Waals surface area contributed by atoms with Crippen LogP contribution in [0.4, 0.5) is 0 Å². The zero-order chi connectivity index (χ0) is 12.5. The third-order valence-corrected chi connectivity index (χ3v) is 3.11. The van der Waals surface area contributed by atoms with Crippen LogP contribution < -0.4 is 0 Å². The third-order valence-electron chi connectivity index (χ3n) is 3.11. The molecular formula is C16H24O. The minimum absolute atomic E-state index is 0.769. The SMILES string of the molecule is CC(C)CCCCCCc1ccc(C=O)cc1. The molecule has 1 rings (SSSR count). The van der Waals surface area contributed by atoms with Gasteiger partial charge in [-0.3, -0.25) is 4.79 Å². The van der Waals surface area contributed by atoms with Crippen LogP contribution >= 0.6 is 0 Å². The van der Waals surface area contributed by atoms with Crippen molar-refractivity contribution in [2.75, 3.05) is 0 Å². The largest absolute Gasteiger partial charge is 0.298 e. The van der Waals surface area contributed by atoms with Crippen molar-refractivity contribution < 1.29 is 4.79 Å². The highest BCUT2D eigenvalue weighted by Gasteiger charge is 1.96. The molecule has 0 N–H and O–H groups in total. The zero-order valence-corrected chi connectivity index (χ0v) is 11.1. The molecule has 1 aromatic rings. The van der Waals surface area contributed by atoms with Crippen LogP contribution in [0.15, 0.2) is 24.3 Å². The third kappa shape index (κ3) is 6.25. The lowest BCUT2D eigenvalue weighted by Crippen LogP contribution is -1.89. The van der Waals surface area contributed by atoms with Crippen LogP contribution in [0.25, 0.3) is 0 Å². The fraction of sp³-hybridized carbons (Fsp3) is 0.562. The Morgan fingerprint density at radius 2 is 1.65 bits per heavy atom. The van der Waals surface area contributed by atoms with E-state index in [1.165, 1.54) is 37.7 Å². The summed E-state index contributed by atoms with van der Waals surface area (Å²) in [7, 11) is 0. The summed E-state index contributed by atoms with van der Waals surface area (Å²) in [6, 6.07) is 7.94. The van der Waals surface area contributed by atoms with E-state index in [2.05, 4.69) is 26.0 Å². The van der Waals surface area contributed by atoms with Crippen LogP contribution in [-0.4, -0.2) is 6.29 Å². The molecule has 0 unspecified atom stereocenters. The van der Waals surface area contributed by atoms with Crippen molar-refractivity contribution in [2.45, 2.75) is 52.4 Å². The number of unbranched alkanes of at least 4 members (excludes halogenated alkanes) is 3. The second kappa shape index (κ2) is 8.05. The minimum atomic E-state index is 0.769. The summed E-state index contributed by atoms with van der Waals surface area (Å²) >= 11 is 0. The van der Waals surface area contributed by atoms with Crippen LogP contribution in [0.5, 0.6) is 0 Å². The number of aryl methyl sites for hydroxylation is 1. The first-order valence-corrected chi connectivity index (χ1v) is 6.76. The van der Waals surface area contributed by atoms with Gasteiger partial charge in [0.25, 0.3) is 0 Å². The van der Waals surface area contributed by atoms with E-state index in [4.69, 9.17) is 0 Å². The second-order valence-corrected chi connectivity index (χ2v) is 5.21. The Hall–Kier alpha value is -1.11. The normalized spacial score (nSPS) is 10.8. The maximum Gasteiger partial charge on any atom is 0.150 e. The monoisotopic (exact) mass is 232 g/mol. The molecule has 0 fully saturated rings. The zero-order valence-electron chi connectivity index (χ0n) is 11.1. The average molecular weight is 232 g/mol. The lowest BCUT2D eigenvalue weighted by molar-refractivity contribution is 0.112. The van der Waals surface area contributed by atoms with Gasteiger partial charge in [0.15, 0.2) is 0 Å². The van der Waals surface area contributed by atoms with Crippen molar-refractivity contribution in [1.29, 1.82) is 0 Å². The molecule has 0 saturated heterocycles. The first kappa shape index (κ1) is 14.0. The van der Waals surface area contributed by atoms with Gasteiger partial charge in [0.1, 0.15) is 6.29 Å². The van der Waals surface area contributed by atoms with Crippen molar-refractivity contribution in [1.82, 2.24) is 0 Å². The first-order chi connectivity index (χ1) is 8.22. The predicted octanol–water partition coefficient (Wildman–Crippen LogP) is 4.65. The van der Waals surface area contributed by atoms with E-state index in [1.807, 2.05) is 12.1 Å². The summed E-state index contributed by atoms with van der Waals surface area (Å²) in [5.41, 5.74) is 2.12. The Bertz CT molecular complexity index is 311. The summed E-state index contributed by atoms with van der Waals surface area (Å²) < 4.78 is 0. The Kier molecular flexibility index (Phi) is 6.61. The molecule has 0 aliphatic carbocycles. The van der Waals surface area contributed by atoms with Crippen molar-refractivity contribution in [3.8, 4) is 0 Å². The molecular weight excluding hydrogens is 208 g/mol. The molecule has 0 amide bonds. The van der Waals surface area contributed by atoms with Gasteiger partial charge in [0.2, 0.25) is 0 Å². The summed E-state index contributed by atoms with van der Waals surface area (Å²) in [4.78, 5) is 10.5. The molecule has 0 radical (unpaired) electrons. The maximum absolute atomic E-state index is 10.5. The van der Waals surface area contributed by atoms with Gasteiger partial charge in [-0.05, 0) is 24.3 Å². The number of carbonyl (C=O) groups excluding carboxylic acids is 1. The maximum atomic E-state index is 10.5. The van der Waals surface area contributed by atoms with E-state index in [0.29, 0.717) is 0 Å². The van der Waals surface area contributed by atoms with Crippen molar-refractivity contribution in [3.05, 3.63) is 35.4 Å². The smallest absolute Gasteiger partial charge is 0.150 e. The number of hydrogen-bond acceptors (Lipinski definition) is 1. The average Bonchev–Trinajstić information content (AvgIpc) is 2.34. The van der Waals surface area contributed by atoms with Crippen LogP contribution in [0.1, 0.15) is 61.9 Å². The van der Waals surface area contributed by atoms with Crippen molar-refractivity contribution in [3.63, 3.8) is 0 Å². The van der Waals surface area contributed by atoms with Gasteiger partial charge in [0, 0.05) is 5.56 Å². The van der Waals surface area contributed by atoms with E-state index < -0.39 is 0 Å². The van der Waals surface area contributed by atoms with Crippen LogP contribution in [0, 0.1) is 5.92 Å². The molecule has 17 heavy (non-hydrogen) atoms. The summed E-state index contributed by atoms with van der Waals surface area (Å²) in [5.74, 6) is 0.839. The molecule has 0 aliphatic rings. The van der Waals surface area contributed by atoms with E-state index in [9.17, 15) is 4.79 Å². The lowest BCUT2D eigenvalue weighted by Gasteiger charge is -2.04. The van der Waals surface area contributed by atoms with E-state index >= 15 is 0 Å². The van der Waals surface area contributed by atoms with Crippen LogP contribution in [0.2, 0.25) is 0 Å². The number of hydrogen-bond donors (Lipinski definition) is 0. The minimum Gasteiger partial charge on any atom is -0.298 e. The molecule has 0 atom stereocenters. The highest BCUT2D eigenvalue weighted by Crippen LogP contribution is 2.12. The fourth-order valence-electron chi connectivity index (χ4n) is 2.00. The Labute approximate surface area is 105 Å². The number of carbonyl (C=O) groups is 1. The summed E-state index contributed by atoms with van der Waals surface area (Å²) in [6.45, 7) is 4.57. The van der Waals surface area contributed by atoms with Crippen molar-refractivity contribution >= 4 is 6.29 Å². The van der Waals surface area contributed by atoms with Crippen LogP contribution in [-0.2, 0) is 6.42 Å². The Balaban J connectivity index is 2.11. The van der Waals surface area contributed by atoms with E-state index in [0.717, 1.165) is 24.2 Å². The molecule has 0 saturated carbocycles. The van der Waals surface area contributed by atoms with Crippen LogP contribution in [0.3, 0.4) is 0 Å². The quantitative estimate of drug-likeness (QED) is 0.471. The molecule has 0 bridgehead atoms. The fourth-order valence-corrected chi connectivity index (χ4v) is 2.00. The lowest BCUT2D eigenvalue weighted by atomic mass is 10.0. The molecule has 0 spiro atoms. The molecule has 0 heterocycles. The van der Waals surface area contributed by atoms with Gasteiger partial charge in [-0.25, -0.2) is 0 Å². The summed E-state index contributed by atoms with van der Waals surface area (Å²) in [6.07, 6.45) is 8.69. The Morgan fingerprint density at radius 1 is 1.00 bits per heavy atom. The first-order valence-electron chi connectivity index (χ1n) is 6.76. The van der Waals surface area contributed by atoms with Gasteiger partial charge < -0.3 is 0 Å². The molecule has 1 aromatic carbocycles. The van der Waals surface area contributed by atoms with Gasteiger partial charge in [-0.1, -0.05) is 63.8 Å². The van der Waals surface area contributed by atoms with E-state index in [1.54, 1.807) is 0 Å². The van der Waals surface area contributed by atoms with Gasteiger partial charge in [0.05, 0.1) is 0 Å². The van der Waals surface area contributed by atoms with E-state index in [-0.39, 0.29) is 0 Å².